The number of fused-ring (bicyclic) bond motifs is 2. The maximum absolute atomic E-state index is 12.3. The summed E-state index contributed by atoms with van der Waals surface area (Å²) in [6.45, 7) is 0.242. The van der Waals surface area contributed by atoms with Crippen LogP contribution in [-0.2, 0) is 6.54 Å². The van der Waals surface area contributed by atoms with Crippen LogP contribution in [0.2, 0.25) is 0 Å². The molecule has 0 bridgehead atoms. The number of thiophene rings is 1. The minimum absolute atomic E-state index is 0.0944. The molecule has 0 radical (unpaired) electrons. The maximum Gasteiger partial charge on any atom is 0.262 e. The highest BCUT2D eigenvalue weighted by Crippen LogP contribution is 2.19. The van der Waals surface area contributed by atoms with Gasteiger partial charge >= 0.3 is 0 Å². The molecule has 0 unspecified atom stereocenters. The SMILES string of the molecule is Nc1ccc2oc(Cn3cnc4sccc4c3=O)nc2c1. The fraction of sp³-hybridized carbons (Fsp3) is 0.0714. The van der Waals surface area contributed by atoms with Gasteiger partial charge in [-0.05, 0) is 29.6 Å². The quantitative estimate of drug-likeness (QED) is 0.573. The molecule has 0 aliphatic rings. The van der Waals surface area contributed by atoms with Gasteiger partial charge in [0.15, 0.2) is 5.58 Å². The molecular weight excluding hydrogens is 288 g/mol. The molecule has 104 valence electrons. The zero-order valence-electron chi connectivity index (χ0n) is 10.8. The number of oxazole rings is 1. The van der Waals surface area contributed by atoms with Crippen molar-refractivity contribution in [2.75, 3.05) is 5.73 Å². The highest BCUT2D eigenvalue weighted by Gasteiger charge is 2.10. The first-order valence-corrected chi connectivity index (χ1v) is 7.16. The Kier molecular flexibility index (Phi) is 2.55. The summed E-state index contributed by atoms with van der Waals surface area (Å²) >= 11 is 1.44. The van der Waals surface area contributed by atoms with Gasteiger partial charge in [0.25, 0.3) is 5.56 Å². The van der Waals surface area contributed by atoms with Gasteiger partial charge in [0.2, 0.25) is 5.89 Å². The van der Waals surface area contributed by atoms with Crippen molar-refractivity contribution in [3.8, 4) is 0 Å². The molecule has 1 aromatic carbocycles. The summed E-state index contributed by atoms with van der Waals surface area (Å²) in [6.07, 6.45) is 1.52. The van der Waals surface area contributed by atoms with Crippen LogP contribution in [0, 0.1) is 0 Å². The van der Waals surface area contributed by atoms with Crippen LogP contribution in [-0.4, -0.2) is 14.5 Å². The van der Waals surface area contributed by atoms with Gasteiger partial charge in [0.05, 0.1) is 11.7 Å². The van der Waals surface area contributed by atoms with E-state index in [0.29, 0.717) is 28.1 Å². The van der Waals surface area contributed by atoms with Crippen molar-refractivity contribution in [1.29, 1.82) is 0 Å². The van der Waals surface area contributed by atoms with Crippen molar-refractivity contribution in [1.82, 2.24) is 14.5 Å². The van der Waals surface area contributed by atoms with Gasteiger partial charge in [0, 0.05) is 5.69 Å². The van der Waals surface area contributed by atoms with Gasteiger partial charge in [-0.25, -0.2) is 9.97 Å². The molecule has 0 saturated carbocycles. The lowest BCUT2D eigenvalue weighted by atomic mass is 10.3. The van der Waals surface area contributed by atoms with E-state index in [0.717, 1.165) is 4.83 Å². The standard InChI is InChI=1S/C14H10N4O2S/c15-8-1-2-11-10(5-8)17-12(20-11)6-18-7-16-13-9(14(18)19)3-4-21-13/h1-5,7H,6,15H2. The lowest BCUT2D eigenvalue weighted by Gasteiger charge is -2.01. The molecule has 0 saturated heterocycles. The van der Waals surface area contributed by atoms with Crippen molar-refractivity contribution < 1.29 is 4.42 Å². The minimum atomic E-state index is -0.0944. The van der Waals surface area contributed by atoms with E-state index in [1.54, 1.807) is 24.3 Å². The molecule has 2 N–H and O–H groups in total. The van der Waals surface area contributed by atoms with Gasteiger partial charge < -0.3 is 10.2 Å². The molecule has 21 heavy (non-hydrogen) atoms. The molecule has 7 heteroatoms. The average Bonchev–Trinajstić information content (AvgIpc) is 3.07. The Morgan fingerprint density at radius 1 is 1.33 bits per heavy atom. The average molecular weight is 298 g/mol. The number of nitrogen functional groups attached to an aromatic ring is 1. The monoisotopic (exact) mass is 298 g/mol. The fourth-order valence-corrected chi connectivity index (χ4v) is 2.93. The first kappa shape index (κ1) is 12.1. The van der Waals surface area contributed by atoms with Crippen LogP contribution < -0.4 is 11.3 Å². The number of hydrogen-bond acceptors (Lipinski definition) is 6. The second-order valence-corrected chi connectivity index (χ2v) is 5.55. The van der Waals surface area contributed by atoms with Crippen LogP contribution in [0.5, 0.6) is 0 Å². The summed E-state index contributed by atoms with van der Waals surface area (Å²) in [5.74, 6) is 0.453. The molecular formula is C14H10N4O2S. The Labute approximate surface area is 122 Å². The van der Waals surface area contributed by atoms with E-state index in [-0.39, 0.29) is 12.1 Å². The van der Waals surface area contributed by atoms with E-state index >= 15 is 0 Å². The smallest absolute Gasteiger partial charge is 0.262 e. The van der Waals surface area contributed by atoms with E-state index in [9.17, 15) is 4.79 Å². The van der Waals surface area contributed by atoms with Gasteiger partial charge in [0.1, 0.15) is 16.9 Å². The lowest BCUT2D eigenvalue weighted by Crippen LogP contribution is -2.20. The van der Waals surface area contributed by atoms with Gasteiger partial charge in [-0.3, -0.25) is 9.36 Å². The summed E-state index contributed by atoms with van der Waals surface area (Å²) in [4.78, 5) is 21.6. The van der Waals surface area contributed by atoms with Crippen LogP contribution in [0.4, 0.5) is 5.69 Å². The first-order valence-electron chi connectivity index (χ1n) is 6.28. The van der Waals surface area contributed by atoms with Crippen molar-refractivity contribution in [2.24, 2.45) is 0 Å². The number of rotatable bonds is 2. The summed E-state index contributed by atoms with van der Waals surface area (Å²) in [6, 6.07) is 7.04. The molecule has 0 aliphatic carbocycles. The van der Waals surface area contributed by atoms with E-state index in [4.69, 9.17) is 10.2 Å². The number of anilines is 1. The predicted molar refractivity (Wildman–Crippen MR) is 81.4 cm³/mol. The summed E-state index contributed by atoms with van der Waals surface area (Å²) in [5.41, 5.74) is 7.58. The highest BCUT2D eigenvalue weighted by molar-refractivity contribution is 7.16. The van der Waals surface area contributed by atoms with Gasteiger partial charge in [-0.1, -0.05) is 0 Å². The molecule has 0 aliphatic heterocycles. The Balaban J connectivity index is 1.78. The third-order valence-corrected chi connectivity index (χ3v) is 4.03. The fourth-order valence-electron chi connectivity index (χ4n) is 2.21. The number of nitrogens with zero attached hydrogens (tertiary/aromatic N) is 3. The van der Waals surface area contributed by atoms with Crippen molar-refractivity contribution in [3.63, 3.8) is 0 Å². The molecule has 0 atom stereocenters. The number of hydrogen-bond donors (Lipinski definition) is 1. The van der Waals surface area contributed by atoms with Crippen LogP contribution in [0.1, 0.15) is 5.89 Å². The van der Waals surface area contributed by atoms with Gasteiger partial charge in [-0.15, -0.1) is 11.3 Å². The predicted octanol–water partition coefficient (Wildman–Crippen LogP) is 2.23. The van der Waals surface area contributed by atoms with Crippen molar-refractivity contribution >= 4 is 38.3 Å². The van der Waals surface area contributed by atoms with Gasteiger partial charge in [-0.2, -0.15) is 0 Å². The molecule has 3 aromatic heterocycles. The molecule has 6 nitrogen and oxygen atoms in total. The number of aromatic nitrogens is 3. The molecule has 0 fully saturated rings. The van der Waals surface area contributed by atoms with Crippen LogP contribution in [0.25, 0.3) is 21.3 Å². The largest absolute Gasteiger partial charge is 0.439 e. The Bertz CT molecular complexity index is 1010. The van der Waals surface area contributed by atoms with E-state index in [1.807, 2.05) is 5.38 Å². The van der Waals surface area contributed by atoms with E-state index < -0.39 is 0 Å². The minimum Gasteiger partial charge on any atom is -0.439 e. The van der Waals surface area contributed by atoms with Crippen LogP contribution >= 0.6 is 11.3 Å². The Morgan fingerprint density at radius 2 is 2.24 bits per heavy atom. The Morgan fingerprint density at radius 3 is 3.14 bits per heavy atom. The second-order valence-electron chi connectivity index (χ2n) is 4.65. The third kappa shape index (κ3) is 1.98. The van der Waals surface area contributed by atoms with E-state index in [1.165, 1.54) is 22.2 Å². The topological polar surface area (TPSA) is 86.9 Å². The molecule has 3 heterocycles. The molecule has 0 spiro atoms. The van der Waals surface area contributed by atoms with Crippen molar-refractivity contribution in [3.05, 3.63) is 52.2 Å². The lowest BCUT2D eigenvalue weighted by molar-refractivity contribution is 0.503. The van der Waals surface area contributed by atoms with Crippen molar-refractivity contribution in [2.45, 2.75) is 6.54 Å². The highest BCUT2D eigenvalue weighted by atomic mass is 32.1. The molecule has 0 amide bonds. The Hall–Kier alpha value is -2.67. The zero-order chi connectivity index (χ0) is 14.4. The summed E-state index contributed by atoms with van der Waals surface area (Å²) in [7, 11) is 0. The van der Waals surface area contributed by atoms with Crippen LogP contribution in [0.3, 0.4) is 0 Å². The maximum atomic E-state index is 12.3. The normalized spacial score (nSPS) is 11.4. The number of benzene rings is 1. The zero-order valence-corrected chi connectivity index (χ0v) is 11.6. The molecule has 4 rings (SSSR count). The summed E-state index contributed by atoms with van der Waals surface area (Å²) in [5, 5.41) is 2.47. The molecule has 4 aromatic rings. The third-order valence-electron chi connectivity index (χ3n) is 3.21. The number of nitrogens with two attached hydrogens (primary N) is 1. The summed E-state index contributed by atoms with van der Waals surface area (Å²) < 4.78 is 7.11. The second kappa shape index (κ2) is 4.42. The first-order chi connectivity index (χ1) is 10.2. The van der Waals surface area contributed by atoms with Crippen LogP contribution in [0.15, 0.2) is 45.2 Å². The van der Waals surface area contributed by atoms with E-state index in [2.05, 4.69) is 9.97 Å².